The van der Waals surface area contributed by atoms with E-state index in [1.807, 2.05) is 0 Å². The Kier molecular flexibility index (Phi) is 1.61. The van der Waals surface area contributed by atoms with Crippen molar-refractivity contribution in [3.8, 4) is 0 Å². The van der Waals surface area contributed by atoms with E-state index >= 15 is 0 Å². The van der Waals surface area contributed by atoms with Crippen molar-refractivity contribution in [1.82, 2.24) is 0 Å². The zero-order chi connectivity index (χ0) is 8.72. The van der Waals surface area contributed by atoms with E-state index in [1.165, 1.54) is 12.1 Å². The monoisotopic (exact) mass is 169 g/mol. The first-order chi connectivity index (χ1) is 5.68. The van der Waals surface area contributed by atoms with Gasteiger partial charge in [-0.2, -0.15) is 0 Å². The second kappa shape index (κ2) is 2.52. The Hall–Kier alpha value is -0.960. The summed E-state index contributed by atoms with van der Waals surface area (Å²) in [4.78, 5) is 0. The molecule has 0 heterocycles. The topological polar surface area (TPSA) is 26.0 Å². The van der Waals surface area contributed by atoms with Crippen molar-refractivity contribution in [1.29, 1.82) is 0 Å². The van der Waals surface area contributed by atoms with Crippen molar-refractivity contribution in [2.24, 2.45) is 5.73 Å². The molecule has 0 bridgehead atoms. The lowest BCUT2D eigenvalue weighted by molar-refractivity contribution is 0.506. The van der Waals surface area contributed by atoms with Gasteiger partial charge in [-0.15, -0.1) is 0 Å². The third-order valence-corrected chi connectivity index (χ3v) is 2.31. The van der Waals surface area contributed by atoms with Crippen LogP contribution < -0.4 is 5.73 Å². The molecule has 0 radical (unpaired) electrons. The fraction of sp³-hybridized carbons (Fsp3) is 0.333. The summed E-state index contributed by atoms with van der Waals surface area (Å²) in [6.45, 7) is 0. The summed E-state index contributed by atoms with van der Waals surface area (Å²) in [5.74, 6) is -1.58. The Balaban J connectivity index is 2.56. The highest BCUT2D eigenvalue weighted by Crippen LogP contribution is 2.30. The summed E-state index contributed by atoms with van der Waals surface area (Å²) in [7, 11) is 0. The molecule has 0 spiro atoms. The molecule has 1 nitrogen and oxygen atoms in total. The van der Waals surface area contributed by atoms with Crippen molar-refractivity contribution in [2.45, 2.75) is 18.9 Å². The van der Waals surface area contributed by atoms with Gasteiger partial charge in [-0.3, -0.25) is 0 Å². The van der Waals surface area contributed by atoms with Gasteiger partial charge >= 0.3 is 0 Å². The van der Waals surface area contributed by atoms with Gasteiger partial charge in [0.05, 0.1) is 0 Å². The smallest absolute Gasteiger partial charge is 0.159 e. The predicted molar refractivity (Wildman–Crippen MR) is 41.6 cm³/mol. The average Bonchev–Trinajstić information content (AvgIpc) is 2.35. The first kappa shape index (κ1) is 7.68. The zero-order valence-corrected chi connectivity index (χ0v) is 6.48. The van der Waals surface area contributed by atoms with Crippen LogP contribution in [0, 0.1) is 11.6 Å². The molecule has 2 rings (SSSR count). The number of hydrogen-bond donors (Lipinski definition) is 1. The first-order valence-corrected chi connectivity index (χ1v) is 3.92. The van der Waals surface area contributed by atoms with E-state index < -0.39 is 11.6 Å². The van der Waals surface area contributed by atoms with Gasteiger partial charge in [0.1, 0.15) is 0 Å². The summed E-state index contributed by atoms with van der Waals surface area (Å²) >= 11 is 0. The van der Waals surface area contributed by atoms with Crippen LogP contribution >= 0.6 is 0 Å². The number of aryl methyl sites for hydroxylation is 1. The first-order valence-electron chi connectivity index (χ1n) is 3.92. The van der Waals surface area contributed by atoms with Gasteiger partial charge < -0.3 is 5.73 Å². The Bertz CT molecular complexity index is 323. The molecule has 1 atom stereocenters. The highest BCUT2D eigenvalue weighted by atomic mass is 19.2. The lowest BCUT2D eigenvalue weighted by Crippen LogP contribution is -2.05. The van der Waals surface area contributed by atoms with E-state index in [1.54, 1.807) is 0 Å². The minimum Gasteiger partial charge on any atom is -0.324 e. The summed E-state index contributed by atoms with van der Waals surface area (Å²) in [5, 5.41) is 0. The van der Waals surface area contributed by atoms with Gasteiger partial charge in [-0.05, 0) is 36.1 Å². The molecule has 2 N–H and O–H groups in total. The molecular weight excluding hydrogens is 160 g/mol. The van der Waals surface area contributed by atoms with Crippen LogP contribution in [-0.2, 0) is 6.42 Å². The van der Waals surface area contributed by atoms with Gasteiger partial charge in [0.15, 0.2) is 11.6 Å². The molecular formula is C9H9F2N. The van der Waals surface area contributed by atoms with Crippen LogP contribution in [0.2, 0.25) is 0 Å². The number of benzene rings is 1. The van der Waals surface area contributed by atoms with E-state index in [0.29, 0.717) is 0 Å². The minimum absolute atomic E-state index is 0.116. The quantitative estimate of drug-likeness (QED) is 0.630. The summed E-state index contributed by atoms with van der Waals surface area (Å²) in [6.07, 6.45) is 1.55. The molecule has 0 amide bonds. The largest absolute Gasteiger partial charge is 0.324 e. The van der Waals surface area contributed by atoms with E-state index in [4.69, 9.17) is 5.73 Å². The second-order valence-electron chi connectivity index (χ2n) is 3.11. The Morgan fingerprint density at radius 1 is 1.25 bits per heavy atom. The van der Waals surface area contributed by atoms with Crippen LogP contribution in [0.15, 0.2) is 12.1 Å². The van der Waals surface area contributed by atoms with Crippen molar-refractivity contribution in [2.75, 3.05) is 0 Å². The van der Waals surface area contributed by atoms with Crippen molar-refractivity contribution in [3.05, 3.63) is 34.9 Å². The molecule has 0 unspecified atom stereocenters. The number of fused-ring (bicyclic) bond motifs is 1. The molecule has 0 saturated heterocycles. The van der Waals surface area contributed by atoms with Crippen LogP contribution in [0.4, 0.5) is 8.78 Å². The van der Waals surface area contributed by atoms with Crippen molar-refractivity contribution < 1.29 is 8.78 Å². The van der Waals surface area contributed by atoms with Crippen LogP contribution in [0.1, 0.15) is 23.6 Å². The zero-order valence-electron chi connectivity index (χ0n) is 6.48. The molecule has 1 aliphatic carbocycles. The Labute approximate surface area is 69.2 Å². The summed E-state index contributed by atoms with van der Waals surface area (Å²) in [6, 6.07) is 2.34. The minimum atomic E-state index is -0.800. The third kappa shape index (κ3) is 1.01. The molecule has 1 aliphatic rings. The lowest BCUT2D eigenvalue weighted by atomic mass is 10.1. The van der Waals surface area contributed by atoms with Gasteiger partial charge in [-0.1, -0.05) is 0 Å². The van der Waals surface area contributed by atoms with Crippen molar-refractivity contribution in [3.63, 3.8) is 0 Å². The van der Waals surface area contributed by atoms with E-state index in [-0.39, 0.29) is 6.04 Å². The maximum Gasteiger partial charge on any atom is 0.159 e. The number of nitrogens with two attached hydrogens (primary N) is 1. The molecule has 1 aromatic carbocycles. The highest BCUT2D eigenvalue weighted by molar-refractivity contribution is 5.35. The molecule has 1 aromatic rings. The Morgan fingerprint density at radius 2 is 1.92 bits per heavy atom. The maximum absolute atomic E-state index is 12.7. The van der Waals surface area contributed by atoms with Crippen molar-refractivity contribution >= 4 is 0 Å². The lowest BCUT2D eigenvalue weighted by Gasteiger charge is -2.04. The fourth-order valence-electron chi connectivity index (χ4n) is 1.63. The maximum atomic E-state index is 12.7. The van der Waals surface area contributed by atoms with Crippen LogP contribution in [-0.4, -0.2) is 0 Å². The SMILES string of the molecule is N[C@@H]1CCc2cc(F)c(F)cc21. The highest BCUT2D eigenvalue weighted by Gasteiger charge is 2.21. The van der Waals surface area contributed by atoms with E-state index in [9.17, 15) is 8.78 Å². The molecule has 12 heavy (non-hydrogen) atoms. The molecule has 0 aliphatic heterocycles. The fourth-order valence-corrected chi connectivity index (χ4v) is 1.63. The average molecular weight is 169 g/mol. The predicted octanol–water partition coefficient (Wildman–Crippen LogP) is 1.91. The number of rotatable bonds is 0. The van der Waals surface area contributed by atoms with Gasteiger partial charge in [-0.25, -0.2) is 8.78 Å². The molecule has 0 saturated carbocycles. The molecule has 0 aromatic heterocycles. The van der Waals surface area contributed by atoms with E-state index in [0.717, 1.165) is 24.0 Å². The molecule has 0 fully saturated rings. The van der Waals surface area contributed by atoms with Crippen LogP contribution in [0.3, 0.4) is 0 Å². The van der Waals surface area contributed by atoms with Crippen LogP contribution in [0.25, 0.3) is 0 Å². The standard InChI is InChI=1S/C9H9F2N/c10-7-3-5-1-2-9(12)6(5)4-8(7)11/h3-4,9H,1-2,12H2/t9-/m1/s1. The summed E-state index contributed by atoms with van der Waals surface area (Å²) in [5.41, 5.74) is 7.28. The number of hydrogen-bond acceptors (Lipinski definition) is 1. The Morgan fingerprint density at radius 3 is 2.67 bits per heavy atom. The third-order valence-electron chi connectivity index (χ3n) is 2.31. The number of halogens is 2. The molecule has 3 heteroatoms. The van der Waals surface area contributed by atoms with Crippen LogP contribution in [0.5, 0.6) is 0 Å². The second-order valence-corrected chi connectivity index (χ2v) is 3.11. The summed E-state index contributed by atoms with van der Waals surface area (Å²) < 4.78 is 25.4. The van der Waals surface area contributed by atoms with Gasteiger partial charge in [0, 0.05) is 6.04 Å². The van der Waals surface area contributed by atoms with Gasteiger partial charge in [0.25, 0.3) is 0 Å². The molecule has 64 valence electrons. The normalized spacial score (nSPS) is 21.1. The van der Waals surface area contributed by atoms with E-state index in [2.05, 4.69) is 0 Å². The van der Waals surface area contributed by atoms with Gasteiger partial charge in [0.2, 0.25) is 0 Å².